The quantitative estimate of drug-likeness (QED) is 0.648. The van der Waals surface area contributed by atoms with Crippen LogP contribution in [0.1, 0.15) is 25.3 Å². The molecule has 0 amide bonds. The summed E-state index contributed by atoms with van der Waals surface area (Å²) in [6.45, 7) is 4.41. The number of aromatic nitrogens is 2. The Morgan fingerprint density at radius 2 is 2.31 bits per heavy atom. The van der Waals surface area contributed by atoms with Crippen molar-refractivity contribution in [3.63, 3.8) is 0 Å². The summed E-state index contributed by atoms with van der Waals surface area (Å²) in [5, 5.41) is 16.4. The van der Waals surface area contributed by atoms with E-state index in [2.05, 4.69) is 23.5 Å². The molecule has 4 nitrogen and oxygen atoms in total. The van der Waals surface area contributed by atoms with Crippen LogP contribution in [-0.2, 0) is 13.5 Å². The highest BCUT2D eigenvalue weighted by Gasteiger charge is 1.99. The Labute approximate surface area is 97.7 Å². The van der Waals surface area contributed by atoms with Crippen LogP contribution in [0.4, 0.5) is 0 Å². The molecule has 0 saturated carbocycles. The molecule has 0 spiro atoms. The molecule has 0 aliphatic rings. The maximum absolute atomic E-state index is 8.86. The molecule has 1 heterocycles. The molecule has 0 aliphatic carbocycles. The lowest BCUT2D eigenvalue weighted by molar-refractivity contribution is 0.228. The monoisotopic (exact) mass is 225 g/mol. The van der Waals surface area contributed by atoms with E-state index in [0.717, 1.165) is 32.4 Å². The van der Waals surface area contributed by atoms with E-state index in [1.807, 2.05) is 17.9 Å². The highest BCUT2D eigenvalue weighted by Crippen LogP contribution is 2.02. The normalized spacial score (nSPS) is 12.9. The van der Waals surface area contributed by atoms with E-state index in [0.29, 0.717) is 12.5 Å². The summed E-state index contributed by atoms with van der Waals surface area (Å²) >= 11 is 0. The Hall–Kier alpha value is -0.870. The van der Waals surface area contributed by atoms with Crippen LogP contribution < -0.4 is 5.32 Å². The molecule has 1 aromatic heterocycles. The first-order valence-electron chi connectivity index (χ1n) is 6.01. The number of hydrogen-bond acceptors (Lipinski definition) is 3. The zero-order valence-corrected chi connectivity index (χ0v) is 10.3. The van der Waals surface area contributed by atoms with Crippen molar-refractivity contribution in [3.8, 4) is 0 Å². The standard InChI is InChI=1S/C12H23N3O/c1-11(10-16)4-3-6-13-7-5-12-8-14-15(2)9-12/h8-9,11,13,16H,3-7,10H2,1-2H3. The van der Waals surface area contributed by atoms with Gasteiger partial charge in [0.05, 0.1) is 6.20 Å². The zero-order chi connectivity index (χ0) is 11.8. The Balaban J connectivity index is 1.96. The average Bonchev–Trinajstić information content (AvgIpc) is 2.69. The summed E-state index contributed by atoms with van der Waals surface area (Å²) in [4.78, 5) is 0. The molecule has 1 unspecified atom stereocenters. The van der Waals surface area contributed by atoms with Gasteiger partial charge in [-0.15, -0.1) is 0 Å². The third-order valence-corrected chi connectivity index (χ3v) is 2.71. The smallest absolute Gasteiger partial charge is 0.0522 e. The van der Waals surface area contributed by atoms with Crippen LogP contribution in [0.25, 0.3) is 0 Å². The minimum Gasteiger partial charge on any atom is -0.396 e. The van der Waals surface area contributed by atoms with Gasteiger partial charge >= 0.3 is 0 Å². The molecule has 92 valence electrons. The maximum atomic E-state index is 8.86. The summed E-state index contributed by atoms with van der Waals surface area (Å²) in [5.74, 6) is 0.431. The molecule has 0 aliphatic heterocycles. The van der Waals surface area contributed by atoms with Crippen molar-refractivity contribution < 1.29 is 5.11 Å². The van der Waals surface area contributed by atoms with E-state index >= 15 is 0 Å². The largest absolute Gasteiger partial charge is 0.396 e. The Morgan fingerprint density at radius 1 is 1.50 bits per heavy atom. The molecule has 0 fully saturated rings. The summed E-state index contributed by atoms with van der Waals surface area (Å²) in [5.41, 5.74) is 1.28. The highest BCUT2D eigenvalue weighted by molar-refractivity contribution is 5.03. The lowest BCUT2D eigenvalue weighted by Gasteiger charge is -2.07. The van der Waals surface area contributed by atoms with Crippen LogP contribution in [0.15, 0.2) is 12.4 Å². The van der Waals surface area contributed by atoms with Crippen LogP contribution in [0.5, 0.6) is 0 Å². The van der Waals surface area contributed by atoms with Crippen LogP contribution in [0, 0.1) is 5.92 Å². The number of aliphatic hydroxyl groups is 1. The SMILES string of the molecule is CC(CO)CCCNCCc1cnn(C)c1. The van der Waals surface area contributed by atoms with E-state index in [-0.39, 0.29) is 0 Å². The molecule has 1 atom stereocenters. The fraction of sp³-hybridized carbons (Fsp3) is 0.750. The van der Waals surface area contributed by atoms with Gasteiger partial charge in [0.25, 0.3) is 0 Å². The maximum Gasteiger partial charge on any atom is 0.0522 e. The van der Waals surface area contributed by atoms with Gasteiger partial charge in [-0.2, -0.15) is 5.10 Å². The Morgan fingerprint density at radius 3 is 2.94 bits per heavy atom. The van der Waals surface area contributed by atoms with E-state index < -0.39 is 0 Å². The second-order valence-electron chi connectivity index (χ2n) is 4.45. The molecule has 0 radical (unpaired) electrons. The van der Waals surface area contributed by atoms with E-state index in [1.165, 1.54) is 5.56 Å². The van der Waals surface area contributed by atoms with Gasteiger partial charge in [-0.05, 0) is 43.8 Å². The molecule has 1 rings (SSSR count). The number of rotatable bonds is 8. The predicted molar refractivity (Wildman–Crippen MR) is 65.3 cm³/mol. The van der Waals surface area contributed by atoms with Gasteiger partial charge < -0.3 is 10.4 Å². The summed E-state index contributed by atoms with van der Waals surface area (Å²) in [7, 11) is 1.94. The second-order valence-corrected chi connectivity index (χ2v) is 4.45. The predicted octanol–water partition coefficient (Wildman–Crippen LogP) is 0.961. The van der Waals surface area contributed by atoms with Crippen molar-refractivity contribution in [3.05, 3.63) is 18.0 Å². The number of nitrogens with one attached hydrogen (secondary N) is 1. The van der Waals surface area contributed by atoms with Crippen molar-refractivity contribution in [1.29, 1.82) is 0 Å². The molecular formula is C12H23N3O. The van der Waals surface area contributed by atoms with Gasteiger partial charge in [-0.3, -0.25) is 4.68 Å². The topological polar surface area (TPSA) is 50.1 Å². The number of aliphatic hydroxyl groups excluding tert-OH is 1. The summed E-state index contributed by atoms with van der Waals surface area (Å²) in [6.07, 6.45) is 7.22. The van der Waals surface area contributed by atoms with Crippen LogP contribution >= 0.6 is 0 Å². The highest BCUT2D eigenvalue weighted by atomic mass is 16.3. The van der Waals surface area contributed by atoms with Crippen molar-refractivity contribution in [2.45, 2.75) is 26.2 Å². The number of aryl methyl sites for hydroxylation is 1. The van der Waals surface area contributed by atoms with Gasteiger partial charge in [0.15, 0.2) is 0 Å². The molecule has 0 saturated heterocycles. The van der Waals surface area contributed by atoms with Crippen molar-refractivity contribution in [2.24, 2.45) is 13.0 Å². The zero-order valence-electron chi connectivity index (χ0n) is 10.3. The van der Waals surface area contributed by atoms with Gasteiger partial charge in [-0.1, -0.05) is 6.92 Å². The molecular weight excluding hydrogens is 202 g/mol. The van der Waals surface area contributed by atoms with E-state index in [9.17, 15) is 0 Å². The van der Waals surface area contributed by atoms with Crippen LogP contribution in [0.3, 0.4) is 0 Å². The minimum atomic E-state index is 0.301. The van der Waals surface area contributed by atoms with Gasteiger partial charge in [0.1, 0.15) is 0 Å². The molecule has 0 aromatic carbocycles. The molecule has 4 heteroatoms. The van der Waals surface area contributed by atoms with Gasteiger partial charge in [0, 0.05) is 19.9 Å². The summed E-state index contributed by atoms with van der Waals surface area (Å²) in [6, 6.07) is 0. The van der Waals surface area contributed by atoms with Crippen LogP contribution in [-0.4, -0.2) is 34.6 Å². The number of hydrogen-bond donors (Lipinski definition) is 2. The summed E-state index contributed by atoms with van der Waals surface area (Å²) < 4.78 is 1.83. The third-order valence-electron chi connectivity index (χ3n) is 2.71. The lowest BCUT2D eigenvalue weighted by atomic mass is 10.1. The van der Waals surface area contributed by atoms with Gasteiger partial charge in [-0.25, -0.2) is 0 Å². The van der Waals surface area contributed by atoms with Gasteiger partial charge in [0.2, 0.25) is 0 Å². The molecule has 16 heavy (non-hydrogen) atoms. The first-order chi connectivity index (χ1) is 7.72. The van der Waals surface area contributed by atoms with E-state index in [1.54, 1.807) is 0 Å². The second kappa shape index (κ2) is 7.41. The fourth-order valence-electron chi connectivity index (χ4n) is 1.63. The molecule has 1 aromatic rings. The van der Waals surface area contributed by atoms with E-state index in [4.69, 9.17) is 5.11 Å². The third kappa shape index (κ3) is 5.28. The fourth-order valence-corrected chi connectivity index (χ4v) is 1.63. The van der Waals surface area contributed by atoms with Crippen molar-refractivity contribution in [2.75, 3.05) is 19.7 Å². The lowest BCUT2D eigenvalue weighted by Crippen LogP contribution is -2.19. The number of nitrogens with zero attached hydrogens (tertiary/aromatic N) is 2. The van der Waals surface area contributed by atoms with Crippen LogP contribution in [0.2, 0.25) is 0 Å². The average molecular weight is 225 g/mol. The molecule has 0 bridgehead atoms. The Bertz CT molecular complexity index is 286. The Kier molecular flexibility index (Phi) is 6.11. The molecule has 2 N–H and O–H groups in total. The first kappa shape index (κ1) is 13.2. The van der Waals surface area contributed by atoms with Crippen molar-refractivity contribution in [1.82, 2.24) is 15.1 Å². The minimum absolute atomic E-state index is 0.301. The van der Waals surface area contributed by atoms with Crippen molar-refractivity contribution >= 4 is 0 Å². The first-order valence-corrected chi connectivity index (χ1v) is 6.01.